The fourth-order valence-electron chi connectivity index (χ4n) is 2.99. The Kier molecular flexibility index (Phi) is 3.41. The smallest absolute Gasteiger partial charge is 0.243 e. The molecule has 1 aromatic rings. The molecule has 1 N–H and O–H groups in total. The summed E-state index contributed by atoms with van der Waals surface area (Å²) in [5.74, 6) is 2.30. The van der Waals surface area contributed by atoms with E-state index in [-0.39, 0.29) is 0 Å². The molecule has 1 saturated carbocycles. The Morgan fingerprint density at radius 1 is 1.00 bits per heavy atom. The monoisotopic (exact) mass is 235 g/mol. The molecule has 1 aromatic heterocycles. The van der Waals surface area contributed by atoms with Crippen LogP contribution in [0.5, 0.6) is 0 Å². The lowest BCUT2D eigenvalue weighted by Crippen LogP contribution is -2.13. The van der Waals surface area contributed by atoms with Crippen molar-refractivity contribution in [2.45, 2.75) is 63.3 Å². The highest BCUT2D eigenvalue weighted by atomic mass is 16.5. The molecule has 0 radical (unpaired) electrons. The van der Waals surface area contributed by atoms with Crippen molar-refractivity contribution in [1.29, 1.82) is 0 Å². The third-order valence-corrected chi connectivity index (χ3v) is 4.04. The fraction of sp³-hybridized carbons (Fsp3) is 0.846. The lowest BCUT2D eigenvalue weighted by Gasteiger charge is -2.07. The first-order chi connectivity index (χ1) is 8.43. The van der Waals surface area contributed by atoms with Gasteiger partial charge in [0.05, 0.1) is 6.04 Å². The Balaban J connectivity index is 1.70. The van der Waals surface area contributed by atoms with Gasteiger partial charge < -0.3 is 9.84 Å². The fourth-order valence-corrected chi connectivity index (χ4v) is 2.99. The molecule has 0 spiro atoms. The molecular formula is C13H21N3O. The number of hydrogen-bond acceptors (Lipinski definition) is 4. The van der Waals surface area contributed by atoms with E-state index >= 15 is 0 Å². The Morgan fingerprint density at radius 2 is 1.82 bits per heavy atom. The van der Waals surface area contributed by atoms with Crippen molar-refractivity contribution in [3.63, 3.8) is 0 Å². The van der Waals surface area contributed by atoms with E-state index in [1.165, 1.54) is 44.9 Å². The molecule has 0 bridgehead atoms. The second-order valence-corrected chi connectivity index (χ2v) is 5.33. The largest absolute Gasteiger partial charge is 0.338 e. The van der Waals surface area contributed by atoms with Gasteiger partial charge in [-0.05, 0) is 32.2 Å². The summed E-state index contributed by atoms with van der Waals surface area (Å²) in [6.07, 6.45) is 10.2. The third-order valence-electron chi connectivity index (χ3n) is 4.04. The van der Waals surface area contributed by atoms with Gasteiger partial charge in [-0.15, -0.1) is 0 Å². The lowest BCUT2D eigenvalue weighted by atomic mass is 10.00. The molecule has 1 aliphatic heterocycles. The summed E-state index contributed by atoms with van der Waals surface area (Å²) in [6.45, 7) is 1.08. The Morgan fingerprint density at radius 3 is 2.53 bits per heavy atom. The molecule has 17 heavy (non-hydrogen) atoms. The standard InChI is InChI=1S/C13H21N3O/c1-2-4-7-10(6-3-1)12-15-13(17-16-12)11-8-5-9-14-11/h10-11,14H,1-9H2/t11-/m0/s1. The van der Waals surface area contributed by atoms with E-state index in [4.69, 9.17) is 4.52 Å². The minimum absolute atomic E-state index is 0.307. The molecule has 0 aromatic carbocycles. The molecule has 2 aliphatic rings. The summed E-state index contributed by atoms with van der Waals surface area (Å²) in [5.41, 5.74) is 0. The molecule has 2 fully saturated rings. The third kappa shape index (κ3) is 2.51. The zero-order valence-electron chi connectivity index (χ0n) is 10.3. The van der Waals surface area contributed by atoms with Gasteiger partial charge in [0.25, 0.3) is 0 Å². The van der Waals surface area contributed by atoms with Gasteiger partial charge in [-0.2, -0.15) is 4.98 Å². The van der Waals surface area contributed by atoms with Crippen molar-refractivity contribution in [2.24, 2.45) is 0 Å². The molecule has 0 amide bonds. The van der Waals surface area contributed by atoms with Crippen LogP contribution < -0.4 is 5.32 Å². The van der Waals surface area contributed by atoms with Crippen molar-refractivity contribution >= 4 is 0 Å². The van der Waals surface area contributed by atoms with Crippen LogP contribution in [0.2, 0.25) is 0 Å². The van der Waals surface area contributed by atoms with E-state index in [1.807, 2.05) is 0 Å². The van der Waals surface area contributed by atoms with Crippen molar-refractivity contribution in [3.8, 4) is 0 Å². The van der Waals surface area contributed by atoms with Gasteiger partial charge in [0.15, 0.2) is 5.82 Å². The summed E-state index contributed by atoms with van der Waals surface area (Å²) < 4.78 is 5.42. The summed E-state index contributed by atoms with van der Waals surface area (Å²) >= 11 is 0. The summed E-state index contributed by atoms with van der Waals surface area (Å²) in [6, 6.07) is 0.307. The van der Waals surface area contributed by atoms with Gasteiger partial charge in [-0.3, -0.25) is 0 Å². The predicted octanol–water partition coefficient (Wildman–Crippen LogP) is 2.93. The van der Waals surface area contributed by atoms with Crippen LogP contribution in [0.3, 0.4) is 0 Å². The maximum Gasteiger partial charge on any atom is 0.243 e. The number of hydrogen-bond donors (Lipinski definition) is 1. The quantitative estimate of drug-likeness (QED) is 0.801. The average Bonchev–Trinajstić information content (AvgIpc) is 2.95. The second-order valence-electron chi connectivity index (χ2n) is 5.33. The summed E-state index contributed by atoms with van der Waals surface area (Å²) in [4.78, 5) is 4.62. The van der Waals surface area contributed by atoms with Crippen LogP contribution in [-0.2, 0) is 0 Å². The first-order valence-corrected chi connectivity index (χ1v) is 7.00. The van der Waals surface area contributed by atoms with E-state index in [2.05, 4.69) is 15.5 Å². The Labute approximate surface area is 102 Å². The van der Waals surface area contributed by atoms with Crippen molar-refractivity contribution in [1.82, 2.24) is 15.5 Å². The van der Waals surface area contributed by atoms with Gasteiger partial charge in [-0.1, -0.05) is 30.8 Å². The summed E-state index contributed by atoms with van der Waals surface area (Å²) in [7, 11) is 0. The zero-order valence-corrected chi connectivity index (χ0v) is 10.3. The van der Waals surface area contributed by atoms with E-state index in [0.29, 0.717) is 12.0 Å². The minimum Gasteiger partial charge on any atom is -0.338 e. The molecule has 4 nitrogen and oxygen atoms in total. The van der Waals surface area contributed by atoms with Gasteiger partial charge in [-0.25, -0.2) is 0 Å². The van der Waals surface area contributed by atoms with Crippen LogP contribution in [0.25, 0.3) is 0 Å². The second kappa shape index (κ2) is 5.17. The molecule has 4 heteroatoms. The van der Waals surface area contributed by atoms with Crippen LogP contribution in [0.4, 0.5) is 0 Å². The van der Waals surface area contributed by atoms with Crippen LogP contribution in [0.1, 0.15) is 75.0 Å². The highest BCUT2D eigenvalue weighted by Crippen LogP contribution is 2.31. The van der Waals surface area contributed by atoms with Crippen LogP contribution >= 0.6 is 0 Å². The van der Waals surface area contributed by atoms with E-state index in [9.17, 15) is 0 Å². The Bertz CT molecular complexity index is 349. The van der Waals surface area contributed by atoms with Crippen molar-refractivity contribution in [2.75, 3.05) is 6.54 Å². The number of nitrogens with zero attached hydrogens (tertiary/aromatic N) is 2. The first kappa shape index (κ1) is 11.2. The Hall–Kier alpha value is -0.900. The predicted molar refractivity (Wildman–Crippen MR) is 64.7 cm³/mol. The van der Waals surface area contributed by atoms with E-state index in [1.54, 1.807) is 0 Å². The molecule has 1 aliphatic carbocycles. The summed E-state index contributed by atoms with van der Waals surface area (Å²) in [5, 5.41) is 7.61. The molecular weight excluding hydrogens is 214 g/mol. The number of aromatic nitrogens is 2. The minimum atomic E-state index is 0.307. The van der Waals surface area contributed by atoms with Gasteiger partial charge in [0.2, 0.25) is 5.89 Å². The molecule has 3 rings (SSSR count). The lowest BCUT2D eigenvalue weighted by molar-refractivity contribution is 0.337. The maximum atomic E-state index is 5.42. The maximum absolute atomic E-state index is 5.42. The highest BCUT2D eigenvalue weighted by Gasteiger charge is 2.25. The number of nitrogens with one attached hydrogen (secondary N) is 1. The highest BCUT2D eigenvalue weighted by molar-refractivity contribution is 5.00. The van der Waals surface area contributed by atoms with Crippen molar-refractivity contribution in [3.05, 3.63) is 11.7 Å². The van der Waals surface area contributed by atoms with Crippen molar-refractivity contribution < 1.29 is 4.52 Å². The molecule has 2 heterocycles. The SMILES string of the molecule is C1CCCC(c2noc([C@@H]3CCCN3)n2)CC1. The molecule has 0 unspecified atom stereocenters. The normalized spacial score (nSPS) is 27.2. The van der Waals surface area contributed by atoms with Gasteiger partial charge >= 0.3 is 0 Å². The van der Waals surface area contributed by atoms with Gasteiger partial charge in [0, 0.05) is 5.92 Å². The van der Waals surface area contributed by atoms with Crippen LogP contribution in [0, 0.1) is 0 Å². The molecule has 1 atom stereocenters. The average molecular weight is 235 g/mol. The van der Waals surface area contributed by atoms with Crippen LogP contribution in [0.15, 0.2) is 4.52 Å². The van der Waals surface area contributed by atoms with E-state index in [0.717, 1.165) is 24.7 Å². The van der Waals surface area contributed by atoms with Crippen LogP contribution in [-0.4, -0.2) is 16.7 Å². The van der Waals surface area contributed by atoms with E-state index < -0.39 is 0 Å². The molecule has 94 valence electrons. The first-order valence-electron chi connectivity index (χ1n) is 7.00. The zero-order chi connectivity index (χ0) is 11.5. The topological polar surface area (TPSA) is 51.0 Å². The van der Waals surface area contributed by atoms with Gasteiger partial charge in [0.1, 0.15) is 0 Å². The number of rotatable bonds is 2. The molecule has 1 saturated heterocycles.